The first-order valence-corrected chi connectivity index (χ1v) is 9.26. The number of amides is 2. The predicted octanol–water partition coefficient (Wildman–Crippen LogP) is 0.954. The van der Waals surface area contributed by atoms with Gasteiger partial charge < -0.3 is 11.1 Å². The average molecular weight is 353 g/mol. The number of sulfonamides is 1. The maximum absolute atomic E-state index is 12.5. The van der Waals surface area contributed by atoms with Crippen molar-refractivity contribution in [3.05, 3.63) is 29.3 Å². The second kappa shape index (κ2) is 6.18. The number of hydrogen-bond donors (Lipinski definition) is 2. The summed E-state index contributed by atoms with van der Waals surface area (Å²) >= 11 is 0. The molecule has 2 amide bonds. The van der Waals surface area contributed by atoms with Gasteiger partial charge in [0.2, 0.25) is 0 Å². The molecule has 0 fully saturated rings. The Hall–Kier alpha value is -1.93. The van der Waals surface area contributed by atoms with E-state index in [2.05, 4.69) is 5.32 Å². The summed E-state index contributed by atoms with van der Waals surface area (Å²) in [5.41, 5.74) is 5.43. The van der Waals surface area contributed by atoms with Gasteiger partial charge in [0.15, 0.2) is 0 Å². The highest BCUT2D eigenvalue weighted by atomic mass is 32.2. The lowest BCUT2D eigenvalue weighted by atomic mass is 9.88. The fourth-order valence-corrected chi connectivity index (χ4v) is 4.10. The molecule has 1 aliphatic rings. The Bertz CT molecular complexity index is 789. The number of nitrogens with one attached hydrogen (secondary N) is 1. The molecule has 1 unspecified atom stereocenters. The van der Waals surface area contributed by atoms with Crippen LogP contribution in [-0.2, 0) is 10.0 Å². The van der Waals surface area contributed by atoms with Crippen molar-refractivity contribution in [2.75, 3.05) is 13.1 Å². The molecule has 1 heterocycles. The summed E-state index contributed by atoms with van der Waals surface area (Å²) in [6.07, 6.45) is 0. The monoisotopic (exact) mass is 353 g/mol. The van der Waals surface area contributed by atoms with Gasteiger partial charge in [0.25, 0.3) is 21.8 Å². The molecule has 1 aliphatic heterocycles. The molecular formula is C16H23N3O4S. The molecule has 2 rings (SSSR count). The van der Waals surface area contributed by atoms with Crippen molar-refractivity contribution in [1.29, 1.82) is 0 Å². The predicted molar refractivity (Wildman–Crippen MR) is 90.1 cm³/mol. The molecule has 3 N–H and O–H groups in total. The Balaban J connectivity index is 2.41. The molecule has 0 saturated heterocycles. The van der Waals surface area contributed by atoms with E-state index in [0.29, 0.717) is 0 Å². The third kappa shape index (κ3) is 2.80. The Morgan fingerprint density at radius 3 is 2.50 bits per heavy atom. The minimum atomic E-state index is -3.89. The van der Waals surface area contributed by atoms with Gasteiger partial charge in [-0.25, -0.2) is 12.7 Å². The Morgan fingerprint density at radius 1 is 1.38 bits per heavy atom. The lowest BCUT2D eigenvalue weighted by Crippen LogP contribution is -2.55. The van der Waals surface area contributed by atoms with Crippen molar-refractivity contribution in [2.45, 2.75) is 38.1 Å². The van der Waals surface area contributed by atoms with Crippen LogP contribution < -0.4 is 11.1 Å². The SMILES string of the molecule is CCN1C(=O)c2ccc(C(=O)NC(C)(CN)C(C)C)cc2S1(=O)=O. The highest BCUT2D eigenvalue weighted by molar-refractivity contribution is 7.90. The first kappa shape index (κ1) is 18.4. The smallest absolute Gasteiger partial charge is 0.268 e. The van der Waals surface area contributed by atoms with Crippen LogP contribution in [0.2, 0.25) is 0 Å². The van der Waals surface area contributed by atoms with Crippen LogP contribution in [0.1, 0.15) is 48.4 Å². The summed E-state index contributed by atoms with van der Waals surface area (Å²) < 4.78 is 25.6. The van der Waals surface area contributed by atoms with Gasteiger partial charge in [0.05, 0.1) is 11.1 Å². The van der Waals surface area contributed by atoms with Gasteiger partial charge >= 0.3 is 0 Å². The zero-order valence-electron chi connectivity index (χ0n) is 14.3. The molecule has 0 radical (unpaired) electrons. The zero-order chi connectivity index (χ0) is 18.3. The third-order valence-electron chi connectivity index (χ3n) is 4.65. The standard InChI is InChI=1S/C16H23N3O4S/c1-5-19-15(21)12-7-6-11(8-13(12)24(19,22)23)14(20)18-16(4,9-17)10(2)3/h6-8,10H,5,9,17H2,1-4H3,(H,18,20). The minimum absolute atomic E-state index is 0.0516. The minimum Gasteiger partial charge on any atom is -0.345 e. The molecule has 0 aromatic heterocycles. The average Bonchev–Trinajstić information content (AvgIpc) is 2.72. The van der Waals surface area contributed by atoms with Crippen LogP contribution in [-0.4, -0.2) is 43.2 Å². The highest BCUT2D eigenvalue weighted by Gasteiger charge is 2.40. The third-order valence-corrected chi connectivity index (χ3v) is 6.55. The number of rotatable bonds is 5. The van der Waals surface area contributed by atoms with E-state index >= 15 is 0 Å². The van der Waals surface area contributed by atoms with Crippen LogP contribution in [0.4, 0.5) is 0 Å². The van der Waals surface area contributed by atoms with Crippen LogP contribution in [0, 0.1) is 5.92 Å². The van der Waals surface area contributed by atoms with Crippen molar-refractivity contribution >= 4 is 21.8 Å². The summed E-state index contributed by atoms with van der Waals surface area (Å²) in [4.78, 5) is 24.5. The number of nitrogens with zero attached hydrogens (tertiary/aromatic N) is 1. The Morgan fingerprint density at radius 2 is 2.00 bits per heavy atom. The van der Waals surface area contributed by atoms with Crippen LogP contribution in [0.5, 0.6) is 0 Å². The summed E-state index contributed by atoms with van der Waals surface area (Å²) in [5.74, 6) is -0.882. The molecule has 0 spiro atoms. The summed E-state index contributed by atoms with van der Waals surface area (Å²) in [6.45, 7) is 7.61. The van der Waals surface area contributed by atoms with Gasteiger partial charge in [-0.15, -0.1) is 0 Å². The zero-order valence-corrected chi connectivity index (χ0v) is 15.1. The van der Waals surface area contributed by atoms with Crippen molar-refractivity contribution in [2.24, 2.45) is 11.7 Å². The number of nitrogens with two attached hydrogens (primary N) is 1. The van der Waals surface area contributed by atoms with E-state index in [1.165, 1.54) is 18.2 Å². The van der Waals surface area contributed by atoms with E-state index in [1.807, 2.05) is 20.8 Å². The second-order valence-corrected chi connectivity index (χ2v) is 8.25. The number of hydrogen-bond acceptors (Lipinski definition) is 5. The van der Waals surface area contributed by atoms with E-state index in [0.717, 1.165) is 4.31 Å². The van der Waals surface area contributed by atoms with Crippen molar-refractivity contribution in [3.63, 3.8) is 0 Å². The van der Waals surface area contributed by atoms with E-state index in [1.54, 1.807) is 6.92 Å². The maximum Gasteiger partial charge on any atom is 0.268 e. The maximum atomic E-state index is 12.5. The van der Waals surface area contributed by atoms with Crippen molar-refractivity contribution in [3.8, 4) is 0 Å². The van der Waals surface area contributed by atoms with Crippen molar-refractivity contribution < 1.29 is 18.0 Å². The Labute approximate surface area is 142 Å². The quantitative estimate of drug-likeness (QED) is 0.819. The summed E-state index contributed by atoms with van der Waals surface area (Å²) in [5, 5.41) is 2.86. The molecule has 0 bridgehead atoms. The van der Waals surface area contributed by atoms with Crippen LogP contribution in [0.25, 0.3) is 0 Å². The van der Waals surface area contributed by atoms with Crippen molar-refractivity contribution in [1.82, 2.24) is 9.62 Å². The molecule has 1 aromatic carbocycles. The van der Waals surface area contributed by atoms with Gasteiger partial charge in [-0.2, -0.15) is 0 Å². The fourth-order valence-electron chi connectivity index (χ4n) is 2.49. The summed E-state index contributed by atoms with van der Waals surface area (Å²) in [7, 11) is -3.89. The number of benzene rings is 1. The molecule has 0 saturated carbocycles. The first-order chi connectivity index (χ1) is 11.1. The molecule has 8 heteroatoms. The first-order valence-electron chi connectivity index (χ1n) is 7.82. The van der Waals surface area contributed by atoms with Gasteiger partial charge in [-0.05, 0) is 38.0 Å². The molecule has 0 aliphatic carbocycles. The molecular weight excluding hydrogens is 330 g/mol. The van der Waals surface area contributed by atoms with Crippen LogP contribution >= 0.6 is 0 Å². The van der Waals surface area contributed by atoms with Crippen LogP contribution in [0.3, 0.4) is 0 Å². The fraction of sp³-hybridized carbons (Fsp3) is 0.500. The Kier molecular flexibility index (Phi) is 4.74. The lowest BCUT2D eigenvalue weighted by Gasteiger charge is -2.33. The van der Waals surface area contributed by atoms with Gasteiger partial charge in [-0.1, -0.05) is 13.8 Å². The largest absolute Gasteiger partial charge is 0.345 e. The molecule has 1 aromatic rings. The topological polar surface area (TPSA) is 110 Å². The molecule has 7 nitrogen and oxygen atoms in total. The lowest BCUT2D eigenvalue weighted by molar-refractivity contribution is 0.0867. The number of fused-ring (bicyclic) bond motifs is 1. The van der Waals surface area contributed by atoms with E-state index in [-0.39, 0.29) is 35.0 Å². The van der Waals surface area contributed by atoms with E-state index < -0.39 is 27.4 Å². The van der Waals surface area contributed by atoms with E-state index in [9.17, 15) is 18.0 Å². The van der Waals surface area contributed by atoms with Gasteiger partial charge in [-0.3, -0.25) is 9.59 Å². The van der Waals surface area contributed by atoms with Crippen LogP contribution in [0.15, 0.2) is 23.1 Å². The number of carbonyl (C=O) groups is 2. The molecule has 1 atom stereocenters. The molecule has 132 valence electrons. The molecule has 24 heavy (non-hydrogen) atoms. The summed E-state index contributed by atoms with van der Waals surface area (Å²) in [6, 6.07) is 4.10. The number of carbonyl (C=O) groups excluding carboxylic acids is 2. The highest BCUT2D eigenvalue weighted by Crippen LogP contribution is 2.31. The van der Waals surface area contributed by atoms with Gasteiger partial charge in [0.1, 0.15) is 4.90 Å². The van der Waals surface area contributed by atoms with Gasteiger partial charge in [0, 0.05) is 18.7 Å². The van der Waals surface area contributed by atoms with E-state index in [4.69, 9.17) is 5.73 Å². The normalized spacial score (nSPS) is 18.4. The second-order valence-electron chi connectivity index (χ2n) is 6.42.